The van der Waals surface area contributed by atoms with Gasteiger partial charge in [-0.15, -0.1) is 0 Å². The Balaban J connectivity index is 2.51. The Morgan fingerprint density at radius 3 is 1.57 bits per heavy atom. The van der Waals surface area contributed by atoms with Crippen molar-refractivity contribution < 1.29 is 42.9 Å². The molecule has 0 spiro atoms. The van der Waals surface area contributed by atoms with E-state index < -0.39 is 29.5 Å². The van der Waals surface area contributed by atoms with Gasteiger partial charge in [0.2, 0.25) is 5.78 Å². The number of carbonyl (C=O) groups excluding carboxylic acids is 4. The molecule has 194 valence electrons. The lowest BCUT2D eigenvalue weighted by atomic mass is 9.95. The fourth-order valence-electron chi connectivity index (χ4n) is 2.95. The summed E-state index contributed by atoms with van der Waals surface area (Å²) >= 11 is 0. The Morgan fingerprint density at radius 1 is 0.649 bits per heavy atom. The number of rotatable bonds is 11. The maximum atomic E-state index is 13.7. The number of esters is 3. The number of carbonyl (C=O) groups is 4. The van der Waals surface area contributed by atoms with Crippen molar-refractivity contribution in [2.45, 2.75) is 26.6 Å². The van der Waals surface area contributed by atoms with Gasteiger partial charge in [-0.25, -0.2) is 14.4 Å². The largest absolute Gasteiger partial charge is 0.423 e. The van der Waals surface area contributed by atoms with E-state index in [2.05, 4.69) is 19.7 Å². The number of hydrogen-bond acceptors (Lipinski definition) is 9. The van der Waals surface area contributed by atoms with Crippen LogP contribution in [-0.2, 0) is 29.6 Å². The van der Waals surface area contributed by atoms with Crippen LogP contribution in [-0.4, -0.2) is 37.9 Å². The molecule has 9 nitrogen and oxygen atoms in total. The normalized spacial score (nSPS) is 10.7. The Hall–Kier alpha value is -4.34. The summed E-state index contributed by atoms with van der Waals surface area (Å²) in [4.78, 5) is 49.7. The number of methoxy groups -OCH3 is 2. The molecule has 2 aromatic rings. The molecule has 0 saturated heterocycles. The molecule has 2 aromatic carbocycles. The molecule has 0 amide bonds. The molecule has 0 aliphatic rings. The van der Waals surface area contributed by atoms with E-state index >= 15 is 0 Å². The lowest BCUT2D eigenvalue weighted by Crippen LogP contribution is -2.40. The first kappa shape index (κ1) is 28.9. The summed E-state index contributed by atoms with van der Waals surface area (Å²) in [5.41, 5.74) is 0.733. The molecular weight excluding hydrogens is 480 g/mol. The molecule has 0 aromatic heterocycles. The number of ketones is 1. The van der Waals surface area contributed by atoms with Crippen LogP contribution in [0, 0.1) is 0 Å². The zero-order valence-corrected chi connectivity index (χ0v) is 21.3. The first-order valence-corrected chi connectivity index (χ1v) is 10.9. The van der Waals surface area contributed by atoms with Gasteiger partial charge in [-0.3, -0.25) is 4.79 Å². The van der Waals surface area contributed by atoms with Crippen molar-refractivity contribution in [2.75, 3.05) is 14.2 Å². The van der Waals surface area contributed by atoms with Gasteiger partial charge in [-0.1, -0.05) is 19.7 Å². The number of Topliss-reactive ketones (excluding diaryl/α,β-unsaturated/α-hetero) is 1. The van der Waals surface area contributed by atoms with Crippen molar-refractivity contribution in [3.05, 3.63) is 90.0 Å². The summed E-state index contributed by atoms with van der Waals surface area (Å²) < 4.78 is 26.8. The number of ether oxygens (including phenoxy) is 5. The van der Waals surface area contributed by atoms with Gasteiger partial charge in [0, 0.05) is 42.1 Å². The first-order valence-electron chi connectivity index (χ1n) is 10.9. The topological polar surface area (TPSA) is 114 Å². The Bertz CT molecular complexity index is 1270. The smallest absolute Gasteiger partial charge is 0.338 e. The summed E-state index contributed by atoms with van der Waals surface area (Å²) in [6.45, 7) is 15.0. The molecule has 0 radical (unpaired) electrons. The maximum absolute atomic E-state index is 13.7. The fraction of sp³-hybridized carbons (Fsp3) is 0.214. The lowest BCUT2D eigenvalue weighted by molar-refractivity contribution is -0.176. The minimum absolute atomic E-state index is 0.0149. The third kappa shape index (κ3) is 6.66. The van der Waals surface area contributed by atoms with Gasteiger partial charge in [0.25, 0.3) is 5.79 Å². The first-order chi connectivity index (χ1) is 17.4. The second-order valence-electron chi connectivity index (χ2n) is 8.05. The SMILES string of the molecule is C=C(C)C(=O)Oc1ccc(C(OC)(OC)C(=O)c2ccc(OC(=O)C(=C)C)c(OC(=O)C(=C)C)c2)cc1. The van der Waals surface area contributed by atoms with E-state index in [0.717, 1.165) is 0 Å². The minimum atomic E-state index is -1.91. The predicted molar refractivity (Wildman–Crippen MR) is 134 cm³/mol. The molecule has 9 heteroatoms. The lowest BCUT2D eigenvalue weighted by Gasteiger charge is -2.30. The quantitative estimate of drug-likeness (QED) is 0.143. The van der Waals surface area contributed by atoms with Crippen LogP contribution >= 0.6 is 0 Å². The van der Waals surface area contributed by atoms with Crippen LogP contribution in [0.25, 0.3) is 0 Å². The Labute approximate surface area is 214 Å². The highest BCUT2D eigenvalue weighted by molar-refractivity contribution is 6.03. The highest BCUT2D eigenvalue weighted by Crippen LogP contribution is 2.36. The van der Waals surface area contributed by atoms with E-state index in [1.807, 2.05) is 0 Å². The number of hydrogen-bond donors (Lipinski definition) is 0. The minimum Gasteiger partial charge on any atom is -0.423 e. The molecular formula is C28H28O9. The summed E-state index contributed by atoms with van der Waals surface area (Å²) in [7, 11) is 2.56. The Kier molecular flexibility index (Phi) is 9.42. The molecule has 0 heterocycles. The predicted octanol–water partition coefficient (Wildman–Crippen LogP) is 4.46. The summed E-state index contributed by atoms with van der Waals surface area (Å²) in [5, 5.41) is 0. The van der Waals surface area contributed by atoms with Crippen LogP contribution in [0.1, 0.15) is 36.7 Å². The molecule has 37 heavy (non-hydrogen) atoms. The third-order valence-corrected chi connectivity index (χ3v) is 4.98. The molecule has 0 atom stereocenters. The van der Waals surface area contributed by atoms with Crippen LogP contribution in [0.4, 0.5) is 0 Å². The average Bonchev–Trinajstić information content (AvgIpc) is 2.86. The van der Waals surface area contributed by atoms with Gasteiger partial charge in [-0.05, 0) is 63.2 Å². The molecule has 0 bridgehead atoms. The second kappa shape index (κ2) is 12.1. The van der Waals surface area contributed by atoms with Gasteiger partial charge in [0.05, 0.1) is 0 Å². The summed E-state index contributed by atoms with van der Waals surface area (Å²) in [6.07, 6.45) is 0. The standard InChI is InChI=1S/C28H28O9/c1-16(2)25(30)35-21-12-10-20(11-13-21)28(33-7,34-8)24(29)19-9-14-22(36-26(31)17(3)4)23(15-19)37-27(32)18(5)6/h9-15H,1,3,5H2,2,4,6-8H3. The van der Waals surface area contributed by atoms with Gasteiger partial charge in [0.15, 0.2) is 11.5 Å². The van der Waals surface area contributed by atoms with Crippen molar-refractivity contribution in [2.24, 2.45) is 0 Å². The molecule has 0 fully saturated rings. The van der Waals surface area contributed by atoms with Crippen molar-refractivity contribution >= 4 is 23.7 Å². The molecule has 0 saturated carbocycles. The zero-order chi connectivity index (χ0) is 27.9. The van der Waals surface area contributed by atoms with Gasteiger partial charge in [0.1, 0.15) is 5.75 Å². The summed E-state index contributed by atoms with van der Waals surface area (Å²) in [5.74, 6) is -4.79. The van der Waals surface area contributed by atoms with Crippen LogP contribution in [0.2, 0.25) is 0 Å². The van der Waals surface area contributed by atoms with Gasteiger partial charge >= 0.3 is 17.9 Å². The van der Waals surface area contributed by atoms with Crippen molar-refractivity contribution in [3.8, 4) is 17.2 Å². The van der Waals surface area contributed by atoms with Crippen LogP contribution in [0.5, 0.6) is 17.2 Å². The van der Waals surface area contributed by atoms with Crippen LogP contribution in [0.15, 0.2) is 78.9 Å². The van der Waals surface area contributed by atoms with Crippen molar-refractivity contribution in [1.82, 2.24) is 0 Å². The average molecular weight is 509 g/mol. The number of benzene rings is 2. The summed E-state index contributed by atoms with van der Waals surface area (Å²) in [6, 6.07) is 9.81. The van der Waals surface area contributed by atoms with Crippen molar-refractivity contribution in [3.63, 3.8) is 0 Å². The van der Waals surface area contributed by atoms with Gasteiger partial charge in [-0.2, -0.15) is 0 Å². The van der Waals surface area contributed by atoms with E-state index in [-0.39, 0.29) is 45.1 Å². The van der Waals surface area contributed by atoms with E-state index in [0.29, 0.717) is 0 Å². The molecule has 2 rings (SSSR count). The molecule has 0 unspecified atom stereocenters. The van der Waals surface area contributed by atoms with Crippen LogP contribution in [0.3, 0.4) is 0 Å². The third-order valence-electron chi connectivity index (χ3n) is 4.98. The Morgan fingerprint density at radius 2 is 1.11 bits per heavy atom. The molecule has 0 N–H and O–H groups in total. The van der Waals surface area contributed by atoms with Gasteiger partial charge < -0.3 is 23.7 Å². The molecule has 0 aliphatic heterocycles. The maximum Gasteiger partial charge on any atom is 0.338 e. The fourth-order valence-corrected chi connectivity index (χ4v) is 2.95. The van der Waals surface area contributed by atoms with E-state index in [1.165, 1.54) is 77.5 Å². The van der Waals surface area contributed by atoms with E-state index in [9.17, 15) is 19.2 Å². The van der Waals surface area contributed by atoms with Crippen LogP contribution < -0.4 is 14.2 Å². The monoisotopic (exact) mass is 508 g/mol. The zero-order valence-electron chi connectivity index (χ0n) is 21.3. The van der Waals surface area contributed by atoms with E-state index in [1.54, 1.807) is 0 Å². The van der Waals surface area contributed by atoms with Crippen molar-refractivity contribution in [1.29, 1.82) is 0 Å². The van der Waals surface area contributed by atoms with E-state index in [4.69, 9.17) is 23.7 Å². The highest BCUT2D eigenvalue weighted by Gasteiger charge is 2.42. The second-order valence-corrected chi connectivity index (χ2v) is 8.05. The molecule has 0 aliphatic carbocycles. The highest BCUT2D eigenvalue weighted by atomic mass is 16.7.